The summed E-state index contributed by atoms with van der Waals surface area (Å²) in [5.74, 6) is 0.761. The number of carbonyl (C=O) groups is 1. The molecular formula is C30H33FN8O. The van der Waals surface area contributed by atoms with Crippen LogP contribution < -0.4 is 10.6 Å². The fourth-order valence-corrected chi connectivity index (χ4v) is 4.89. The van der Waals surface area contributed by atoms with Crippen LogP contribution in [0.2, 0.25) is 0 Å². The van der Waals surface area contributed by atoms with E-state index < -0.39 is 6.67 Å². The van der Waals surface area contributed by atoms with E-state index in [9.17, 15) is 9.18 Å². The summed E-state index contributed by atoms with van der Waals surface area (Å²) in [6.07, 6.45) is 6.51. The zero-order chi connectivity index (χ0) is 28.1. The van der Waals surface area contributed by atoms with Gasteiger partial charge < -0.3 is 15.5 Å². The number of rotatable bonds is 10. The first kappa shape index (κ1) is 27.3. The SMILES string of the molecule is Cc1ccc(NC(=O)c2ccc(CN3CC(CN(C)C)C3)c(CF)c2)cc1Nc1nccc(-c2cncnc2)n1. The normalized spacial score (nSPS) is 13.7. The Hall–Kier alpha value is -4.28. The van der Waals surface area contributed by atoms with Gasteiger partial charge in [0.25, 0.3) is 5.91 Å². The number of carbonyl (C=O) groups excluding carboxylic acids is 1. The summed E-state index contributed by atoms with van der Waals surface area (Å²) in [5, 5.41) is 6.17. The van der Waals surface area contributed by atoms with Crippen molar-refractivity contribution in [2.75, 3.05) is 44.4 Å². The lowest BCUT2D eigenvalue weighted by molar-refractivity contribution is 0.0726. The Morgan fingerprint density at radius 1 is 1.07 bits per heavy atom. The molecule has 2 aromatic heterocycles. The number of amides is 1. The highest BCUT2D eigenvalue weighted by atomic mass is 19.1. The molecule has 0 radical (unpaired) electrons. The molecule has 1 aliphatic rings. The van der Waals surface area contributed by atoms with Gasteiger partial charge in [0.05, 0.1) is 5.69 Å². The van der Waals surface area contributed by atoms with Crippen LogP contribution in [0.15, 0.2) is 67.4 Å². The molecule has 0 unspecified atom stereocenters. The van der Waals surface area contributed by atoms with Crippen molar-refractivity contribution in [1.82, 2.24) is 29.7 Å². The van der Waals surface area contributed by atoms with Crippen LogP contribution in [-0.4, -0.2) is 69.4 Å². The number of aryl methyl sites for hydroxylation is 1. The third-order valence-electron chi connectivity index (χ3n) is 6.92. The number of aromatic nitrogens is 4. The summed E-state index contributed by atoms with van der Waals surface area (Å²) in [7, 11) is 4.16. The highest BCUT2D eigenvalue weighted by Gasteiger charge is 2.27. The van der Waals surface area contributed by atoms with Crippen molar-refractivity contribution in [3.63, 3.8) is 0 Å². The number of nitrogens with one attached hydrogen (secondary N) is 2. The lowest BCUT2D eigenvalue weighted by atomic mass is 9.97. The molecule has 1 fully saturated rings. The average Bonchev–Trinajstić information content (AvgIpc) is 2.94. The Kier molecular flexibility index (Phi) is 8.37. The molecule has 1 saturated heterocycles. The van der Waals surface area contributed by atoms with Gasteiger partial charge in [0, 0.05) is 67.3 Å². The maximum atomic E-state index is 13.9. The topological polar surface area (TPSA) is 99.2 Å². The van der Waals surface area contributed by atoms with E-state index in [1.807, 2.05) is 31.2 Å². The van der Waals surface area contributed by atoms with Crippen molar-refractivity contribution in [1.29, 1.82) is 0 Å². The van der Waals surface area contributed by atoms with Crippen LogP contribution >= 0.6 is 0 Å². The van der Waals surface area contributed by atoms with Crippen molar-refractivity contribution < 1.29 is 9.18 Å². The third-order valence-corrected chi connectivity index (χ3v) is 6.92. The molecular weight excluding hydrogens is 507 g/mol. The van der Waals surface area contributed by atoms with Gasteiger partial charge in [-0.25, -0.2) is 24.3 Å². The van der Waals surface area contributed by atoms with Crippen molar-refractivity contribution in [2.24, 2.45) is 5.92 Å². The van der Waals surface area contributed by atoms with E-state index >= 15 is 0 Å². The highest BCUT2D eigenvalue weighted by Crippen LogP contribution is 2.26. The van der Waals surface area contributed by atoms with Crippen LogP contribution in [0.25, 0.3) is 11.3 Å². The minimum absolute atomic E-state index is 0.298. The van der Waals surface area contributed by atoms with Gasteiger partial charge in [-0.05, 0) is 74.0 Å². The Balaban J connectivity index is 1.25. The van der Waals surface area contributed by atoms with E-state index in [1.54, 1.807) is 36.8 Å². The van der Waals surface area contributed by atoms with Crippen LogP contribution in [-0.2, 0) is 13.2 Å². The third kappa shape index (κ3) is 6.64. The second kappa shape index (κ2) is 12.3. The molecule has 206 valence electrons. The van der Waals surface area contributed by atoms with Gasteiger partial charge in [-0.1, -0.05) is 12.1 Å². The van der Waals surface area contributed by atoms with Gasteiger partial charge >= 0.3 is 0 Å². The summed E-state index contributed by atoms with van der Waals surface area (Å²) >= 11 is 0. The number of halogens is 1. The summed E-state index contributed by atoms with van der Waals surface area (Å²) in [5.41, 5.74) is 5.67. The molecule has 2 aromatic carbocycles. The Bertz CT molecular complexity index is 1470. The number of hydrogen-bond donors (Lipinski definition) is 2. The molecule has 1 aliphatic heterocycles. The molecule has 3 heterocycles. The van der Waals surface area contributed by atoms with Crippen LogP contribution in [0.4, 0.5) is 21.7 Å². The molecule has 5 rings (SSSR count). The molecule has 9 nitrogen and oxygen atoms in total. The Morgan fingerprint density at radius 3 is 2.62 bits per heavy atom. The number of nitrogens with zero attached hydrogens (tertiary/aromatic N) is 6. The molecule has 2 N–H and O–H groups in total. The Labute approximate surface area is 233 Å². The monoisotopic (exact) mass is 540 g/mol. The second-order valence-corrected chi connectivity index (χ2v) is 10.4. The summed E-state index contributed by atoms with van der Waals surface area (Å²) in [6, 6.07) is 12.6. The molecule has 40 heavy (non-hydrogen) atoms. The van der Waals surface area contributed by atoms with Crippen LogP contribution in [0.1, 0.15) is 27.0 Å². The molecule has 0 spiro atoms. The summed E-state index contributed by atoms with van der Waals surface area (Å²) < 4.78 is 13.9. The molecule has 0 bridgehead atoms. The predicted octanol–water partition coefficient (Wildman–Crippen LogP) is 4.70. The maximum absolute atomic E-state index is 13.9. The minimum Gasteiger partial charge on any atom is -0.324 e. The van der Waals surface area contributed by atoms with E-state index in [1.165, 1.54) is 6.33 Å². The fourth-order valence-electron chi connectivity index (χ4n) is 4.89. The van der Waals surface area contributed by atoms with Crippen molar-refractivity contribution in [3.8, 4) is 11.3 Å². The first-order chi connectivity index (χ1) is 19.4. The smallest absolute Gasteiger partial charge is 0.255 e. The Morgan fingerprint density at radius 2 is 1.88 bits per heavy atom. The van der Waals surface area contributed by atoms with Gasteiger partial charge in [-0.3, -0.25) is 9.69 Å². The second-order valence-electron chi connectivity index (χ2n) is 10.4. The molecule has 0 atom stereocenters. The number of hydrogen-bond acceptors (Lipinski definition) is 8. The van der Waals surface area contributed by atoms with Gasteiger partial charge in [0.1, 0.15) is 13.0 Å². The van der Waals surface area contributed by atoms with Crippen LogP contribution in [0.3, 0.4) is 0 Å². The standard InChI is InChI=1S/C30H33FN8O/c1-20-4-7-26(11-28(20)37-30-34-9-8-27(36-30)25-13-32-19-33-14-25)35-29(40)22-5-6-23(24(10-22)12-31)18-39-16-21(17-39)15-38(2)3/h4-11,13-14,19,21H,12,15-18H2,1-3H3,(H,35,40)(H,34,36,37). The number of alkyl halides is 1. The van der Waals surface area contributed by atoms with Gasteiger partial charge in [-0.2, -0.15) is 0 Å². The predicted molar refractivity (Wildman–Crippen MR) is 154 cm³/mol. The van der Waals surface area contributed by atoms with E-state index in [4.69, 9.17) is 0 Å². The lowest BCUT2D eigenvalue weighted by Gasteiger charge is -2.40. The molecule has 0 saturated carbocycles. The highest BCUT2D eigenvalue weighted by molar-refractivity contribution is 6.04. The molecule has 1 amide bonds. The van der Waals surface area contributed by atoms with E-state index in [0.29, 0.717) is 40.9 Å². The van der Waals surface area contributed by atoms with Crippen molar-refractivity contribution in [2.45, 2.75) is 20.1 Å². The number of anilines is 3. The quantitative estimate of drug-likeness (QED) is 0.299. The fraction of sp³-hybridized carbons (Fsp3) is 0.300. The zero-order valence-corrected chi connectivity index (χ0v) is 22.9. The van der Waals surface area contributed by atoms with E-state index in [0.717, 1.165) is 42.0 Å². The number of likely N-dealkylation sites (tertiary alicyclic amines) is 1. The first-order valence-electron chi connectivity index (χ1n) is 13.2. The van der Waals surface area contributed by atoms with Crippen LogP contribution in [0.5, 0.6) is 0 Å². The van der Waals surface area contributed by atoms with Crippen LogP contribution in [0, 0.1) is 12.8 Å². The van der Waals surface area contributed by atoms with E-state index in [-0.39, 0.29) is 5.91 Å². The van der Waals surface area contributed by atoms with E-state index in [2.05, 4.69) is 54.5 Å². The largest absolute Gasteiger partial charge is 0.324 e. The molecule has 0 aliphatic carbocycles. The van der Waals surface area contributed by atoms with Crippen molar-refractivity contribution >= 4 is 23.2 Å². The zero-order valence-electron chi connectivity index (χ0n) is 22.9. The lowest BCUT2D eigenvalue weighted by Crippen LogP contribution is -2.49. The first-order valence-corrected chi connectivity index (χ1v) is 13.2. The minimum atomic E-state index is -0.613. The maximum Gasteiger partial charge on any atom is 0.255 e. The van der Waals surface area contributed by atoms with Crippen molar-refractivity contribution in [3.05, 3.63) is 89.6 Å². The molecule has 4 aromatic rings. The van der Waals surface area contributed by atoms with Gasteiger partial charge in [0.2, 0.25) is 5.95 Å². The molecule has 10 heteroatoms. The summed E-state index contributed by atoms with van der Waals surface area (Å²) in [4.78, 5) is 34.6. The summed E-state index contributed by atoms with van der Waals surface area (Å²) in [6.45, 7) is 5.11. The average molecular weight is 541 g/mol. The number of benzene rings is 2. The van der Waals surface area contributed by atoms with Gasteiger partial charge in [0.15, 0.2) is 0 Å². The van der Waals surface area contributed by atoms with Gasteiger partial charge in [-0.15, -0.1) is 0 Å².